The number of para-hydroxylation sites is 1. The lowest BCUT2D eigenvalue weighted by atomic mass is 9.67. The minimum Gasteiger partial charge on any atom is -0.367 e. The fraction of sp³-hybridized carbons (Fsp3) is 0.400. The van der Waals surface area contributed by atoms with E-state index in [0.717, 1.165) is 23.4 Å². The summed E-state index contributed by atoms with van der Waals surface area (Å²) in [6, 6.07) is 9.61. The number of nitro benzene ring substituents is 1. The summed E-state index contributed by atoms with van der Waals surface area (Å²) in [4.78, 5) is 54.7. The van der Waals surface area contributed by atoms with Gasteiger partial charge in [-0.3, -0.25) is 25.0 Å². The van der Waals surface area contributed by atoms with Crippen molar-refractivity contribution in [3.63, 3.8) is 0 Å². The molecule has 4 amide bonds. The second kappa shape index (κ2) is 9.65. The maximum Gasteiger partial charge on any atom is 0.335 e. The molecule has 1 N–H and O–H groups in total. The van der Waals surface area contributed by atoms with Crippen LogP contribution < -0.4 is 15.1 Å². The Hall–Kier alpha value is -3.46. The number of urea groups is 1. The highest BCUT2D eigenvalue weighted by atomic mass is 35.5. The lowest BCUT2D eigenvalue weighted by Crippen LogP contribution is -2.72. The summed E-state index contributed by atoms with van der Waals surface area (Å²) in [5.41, 5.74) is -0.289. The molecular weight excluding hydrogens is 472 g/mol. The van der Waals surface area contributed by atoms with Crippen molar-refractivity contribution in [2.24, 2.45) is 5.41 Å². The van der Waals surface area contributed by atoms with Gasteiger partial charge in [0.2, 0.25) is 5.91 Å². The second-order valence-corrected chi connectivity index (χ2v) is 9.33. The first-order valence-corrected chi connectivity index (χ1v) is 12.1. The van der Waals surface area contributed by atoms with E-state index < -0.39 is 34.2 Å². The highest BCUT2D eigenvalue weighted by Crippen LogP contribution is 2.48. The summed E-state index contributed by atoms with van der Waals surface area (Å²) < 4.78 is 0. The molecule has 0 radical (unpaired) electrons. The van der Waals surface area contributed by atoms with E-state index >= 15 is 0 Å². The summed E-state index contributed by atoms with van der Waals surface area (Å²) >= 11 is 6.34. The van der Waals surface area contributed by atoms with Crippen molar-refractivity contribution in [1.82, 2.24) is 5.32 Å². The predicted octanol–water partition coefficient (Wildman–Crippen LogP) is 4.85. The number of rotatable bonds is 7. The fourth-order valence-electron chi connectivity index (χ4n) is 5.19. The van der Waals surface area contributed by atoms with Crippen LogP contribution in [0.3, 0.4) is 0 Å². The number of carbonyl (C=O) groups is 3. The Morgan fingerprint density at radius 1 is 1.11 bits per heavy atom. The molecule has 2 heterocycles. The number of nitro groups is 1. The average Bonchev–Trinajstić information content (AvgIpc) is 2.83. The van der Waals surface area contributed by atoms with Gasteiger partial charge >= 0.3 is 6.03 Å². The molecule has 1 spiro atoms. The number of hydrogen-bond donors (Lipinski definition) is 1. The molecule has 35 heavy (non-hydrogen) atoms. The third kappa shape index (κ3) is 4.03. The van der Waals surface area contributed by atoms with Crippen LogP contribution in [0.1, 0.15) is 45.1 Å². The van der Waals surface area contributed by atoms with Gasteiger partial charge in [-0.15, -0.1) is 0 Å². The molecule has 2 aromatic rings. The van der Waals surface area contributed by atoms with Gasteiger partial charge in [-0.05, 0) is 36.6 Å². The third-order valence-electron chi connectivity index (χ3n) is 6.82. The Balaban J connectivity index is 1.93. The Bertz CT molecular complexity index is 1200. The number of nitrogens with zero attached hydrogens (tertiary/aromatic N) is 3. The SMILES string of the molecule is CCCCN1c2ccc([N+](=O)[O-])cc2C[C@@]2(C(=O)NC(=O)N(c3ccccc3Cl)C2=O)[C@H]1CCC. The van der Waals surface area contributed by atoms with Crippen molar-refractivity contribution >= 4 is 46.5 Å². The molecule has 1 fully saturated rings. The van der Waals surface area contributed by atoms with Crippen LogP contribution >= 0.6 is 11.6 Å². The highest BCUT2D eigenvalue weighted by Gasteiger charge is 2.62. The van der Waals surface area contributed by atoms with Crippen molar-refractivity contribution in [2.75, 3.05) is 16.3 Å². The van der Waals surface area contributed by atoms with E-state index in [0.29, 0.717) is 24.9 Å². The number of unbranched alkanes of at least 4 members (excludes halogenated alkanes) is 1. The van der Waals surface area contributed by atoms with Crippen molar-refractivity contribution in [1.29, 1.82) is 0 Å². The van der Waals surface area contributed by atoms with Gasteiger partial charge in [0.15, 0.2) is 5.41 Å². The van der Waals surface area contributed by atoms with E-state index in [-0.39, 0.29) is 22.8 Å². The third-order valence-corrected chi connectivity index (χ3v) is 7.14. The Kier molecular flexibility index (Phi) is 6.80. The topological polar surface area (TPSA) is 113 Å². The number of halogens is 1. The van der Waals surface area contributed by atoms with E-state index in [1.165, 1.54) is 12.1 Å². The van der Waals surface area contributed by atoms with Crippen molar-refractivity contribution in [3.05, 3.63) is 63.2 Å². The zero-order valence-corrected chi connectivity index (χ0v) is 20.4. The normalized spacial score (nSPS) is 21.8. The molecule has 4 rings (SSSR count). The average molecular weight is 499 g/mol. The Morgan fingerprint density at radius 2 is 1.86 bits per heavy atom. The van der Waals surface area contributed by atoms with Crippen LogP contribution in [0.4, 0.5) is 21.9 Å². The van der Waals surface area contributed by atoms with Gasteiger partial charge in [0.25, 0.3) is 11.6 Å². The molecular formula is C25H27ClN4O5. The van der Waals surface area contributed by atoms with Crippen molar-refractivity contribution in [2.45, 2.75) is 52.0 Å². The Labute approximate surface area is 208 Å². The van der Waals surface area contributed by atoms with E-state index in [1.807, 2.05) is 18.7 Å². The van der Waals surface area contributed by atoms with Gasteiger partial charge in [0.1, 0.15) is 0 Å². The van der Waals surface area contributed by atoms with Crippen LogP contribution in [-0.2, 0) is 16.0 Å². The van der Waals surface area contributed by atoms with Crippen LogP contribution in [0.15, 0.2) is 42.5 Å². The van der Waals surface area contributed by atoms with Gasteiger partial charge in [-0.2, -0.15) is 0 Å². The van der Waals surface area contributed by atoms with Gasteiger partial charge in [-0.25, -0.2) is 9.69 Å². The zero-order valence-electron chi connectivity index (χ0n) is 19.6. The lowest BCUT2D eigenvalue weighted by molar-refractivity contribution is -0.384. The monoisotopic (exact) mass is 498 g/mol. The zero-order chi connectivity index (χ0) is 25.3. The predicted molar refractivity (Wildman–Crippen MR) is 133 cm³/mol. The van der Waals surface area contributed by atoms with Crippen LogP contribution in [0.25, 0.3) is 0 Å². The minimum atomic E-state index is -1.65. The number of imide groups is 2. The fourth-order valence-corrected chi connectivity index (χ4v) is 5.42. The van der Waals surface area contributed by atoms with Gasteiger partial charge in [-0.1, -0.05) is 50.4 Å². The summed E-state index contributed by atoms with van der Waals surface area (Å²) in [6.45, 7) is 4.58. The first kappa shape index (κ1) is 24.7. The lowest BCUT2D eigenvalue weighted by Gasteiger charge is -2.52. The number of amides is 4. The van der Waals surface area contributed by atoms with Crippen molar-refractivity contribution < 1.29 is 19.3 Å². The first-order chi connectivity index (χ1) is 16.8. The number of fused-ring (bicyclic) bond motifs is 1. The molecule has 0 unspecified atom stereocenters. The van der Waals surface area contributed by atoms with Crippen LogP contribution in [0.5, 0.6) is 0 Å². The van der Waals surface area contributed by atoms with Crippen LogP contribution in [0.2, 0.25) is 5.02 Å². The molecule has 1 saturated heterocycles. The molecule has 0 aliphatic carbocycles. The number of non-ortho nitro benzene ring substituents is 1. The summed E-state index contributed by atoms with van der Waals surface area (Å²) in [7, 11) is 0. The molecule has 2 atom stereocenters. The molecule has 0 aromatic heterocycles. The number of anilines is 2. The Morgan fingerprint density at radius 3 is 2.51 bits per heavy atom. The van der Waals surface area contributed by atoms with Crippen LogP contribution in [0, 0.1) is 15.5 Å². The smallest absolute Gasteiger partial charge is 0.335 e. The maximum atomic E-state index is 14.2. The first-order valence-electron chi connectivity index (χ1n) is 11.7. The van der Waals surface area contributed by atoms with Gasteiger partial charge < -0.3 is 4.90 Å². The van der Waals surface area contributed by atoms with E-state index in [1.54, 1.807) is 30.3 Å². The molecule has 184 valence electrons. The molecule has 2 aliphatic heterocycles. The molecule has 0 saturated carbocycles. The second-order valence-electron chi connectivity index (χ2n) is 8.92. The minimum absolute atomic E-state index is 0.0593. The number of hydrogen-bond acceptors (Lipinski definition) is 6. The standard InChI is InChI=1S/C25H27ClN4O5/c1-3-5-13-28-19-12-11-17(30(34)35)14-16(19)15-25(21(28)8-4-2)22(31)27-24(33)29(23(25)32)20-10-7-6-9-18(20)26/h6-7,9-12,14,21H,3-5,8,13,15H2,1-2H3,(H,27,31,33)/t21-,25+/m1/s1. The van der Waals surface area contributed by atoms with E-state index in [9.17, 15) is 24.5 Å². The summed E-state index contributed by atoms with van der Waals surface area (Å²) in [5.74, 6) is -1.36. The highest BCUT2D eigenvalue weighted by molar-refractivity contribution is 6.37. The molecule has 0 bridgehead atoms. The largest absolute Gasteiger partial charge is 0.367 e. The van der Waals surface area contributed by atoms with Crippen LogP contribution in [-0.4, -0.2) is 35.4 Å². The molecule has 10 heteroatoms. The van der Waals surface area contributed by atoms with E-state index in [4.69, 9.17) is 11.6 Å². The molecule has 2 aliphatic rings. The molecule has 9 nitrogen and oxygen atoms in total. The molecule has 2 aromatic carbocycles. The number of benzene rings is 2. The van der Waals surface area contributed by atoms with Crippen molar-refractivity contribution in [3.8, 4) is 0 Å². The summed E-state index contributed by atoms with van der Waals surface area (Å²) in [5, 5.41) is 14.1. The maximum absolute atomic E-state index is 14.2. The number of barbiturate groups is 1. The number of nitrogens with one attached hydrogen (secondary N) is 1. The van der Waals surface area contributed by atoms with Gasteiger partial charge in [0.05, 0.1) is 21.7 Å². The number of carbonyl (C=O) groups excluding carboxylic acids is 3. The summed E-state index contributed by atoms with van der Waals surface area (Å²) in [6.07, 6.45) is 2.84. The quantitative estimate of drug-likeness (QED) is 0.331. The van der Waals surface area contributed by atoms with E-state index in [2.05, 4.69) is 5.32 Å². The van der Waals surface area contributed by atoms with Gasteiger partial charge in [0, 0.05) is 30.8 Å².